The molecule has 23 heavy (non-hydrogen) atoms. The lowest BCUT2D eigenvalue weighted by Crippen LogP contribution is -1.66. The van der Waals surface area contributed by atoms with Crippen molar-refractivity contribution in [3.05, 3.63) is 103 Å². The van der Waals surface area contributed by atoms with Crippen molar-refractivity contribution in [1.82, 2.24) is 10.4 Å². The lowest BCUT2D eigenvalue weighted by molar-refractivity contribution is 0.367. The first-order valence-electron chi connectivity index (χ1n) is 6.64. The molecule has 1 N–H and O–H groups in total. The van der Waals surface area contributed by atoms with Crippen LogP contribution in [0.4, 0.5) is 0 Å². The van der Waals surface area contributed by atoms with Crippen molar-refractivity contribution in [2.45, 2.75) is 0 Å². The predicted molar refractivity (Wildman–Crippen MR) is 93.3 cm³/mol. The smallest absolute Gasteiger partial charge is 0.121 e. The number of nitrogens with zero attached hydrogens (tertiary/aromatic N) is 2. The van der Waals surface area contributed by atoms with Gasteiger partial charge in [-0.2, -0.15) is 10.4 Å². The van der Waals surface area contributed by atoms with Crippen molar-refractivity contribution in [1.29, 1.82) is 5.26 Å². The molecule has 0 aliphatic heterocycles. The summed E-state index contributed by atoms with van der Waals surface area (Å²) in [5, 5.41) is 15.2. The first kappa shape index (κ1) is 20.0. The Morgan fingerprint density at radius 2 is 1.30 bits per heavy atom. The topological polar surface area (TPSA) is 65.6 Å². The summed E-state index contributed by atoms with van der Waals surface area (Å²) in [5.41, 5.74) is 0.561. The van der Waals surface area contributed by atoms with Gasteiger partial charge in [0.25, 0.3) is 0 Å². The number of hydrogen-bond donors (Lipinski definition) is 1. The summed E-state index contributed by atoms with van der Waals surface area (Å²) < 4.78 is 4.92. The Morgan fingerprint density at radius 3 is 1.91 bits per heavy atom. The van der Waals surface area contributed by atoms with Gasteiger partial charge in [-0.15, -0.1) is 17.7 Å². The van der Waals surface area contributed by atoms with Gasteiger partial charge >= 0.3 is 0 Å². The highest BCUT2D eigenvalue weighted by molar-refractivity contribution is 5.85. The first-order valence-corrected chi connectivity index (χ1v) is 6.64. The summed E-state index contributed by atoms with van der Waals surface area (Å²) in [5.74, 6) is 0. The molecule has 1 heterocycles. The second-order valence-electron chi connectivity index (χ2n) is 3.83. The number of nitriles is 1. The second-order valence-corrected chi connectivity index (χ2v) is 3.83. The van der Waals surface area contributed by atoms with Gasteiger partial charge in [-0.25, -0.2) is 0 Å². The molecule has 0 aliphatic rings. The number of aromatic amines is 1. The molecule has 5 heteroatoms. The number of halogens is 1. The van der Waals surface area contributed by atoms with Gasteiger partial charge in [0, 0.05) is 0 Å². The summed E-state index contributed by atoms with van der Waals surface area (Å²) >= 11 is 0. The Morgan fingerprint density at radius 1 is 0.783 bits per heavy atom. The normalized spacial score (nSPS) is 7.61. The fourth-order valence-electron chi connectivity index (χ4n) is 1.23. The zero-order valence-electron chi connectivity index (χ0n) is 12.4. The van der Waals surface area contributed by atoms with E-state index in [-0.39, 0.29) is 12.4 Å². The van der Waals surface area contributed by atoms with Crippen molar-refractivity contribution in [3.63, 3.8) is 0 Å². The van der Waals surface area contributed by atoms with Gasteiger partial charge in [0.1, 0.15) is 6.26 Å². The summed E-state index contributed by atoms with van der Waals surface area (Å²) in [7, 11) is 0. The van der Waals surface area contributed by atoms with Crippen molar-refractivity contribution in [2.24, 2.45) is 0 Å². The number of aromatic nitrogens is 2. The first-order chi connectivity index (χ1) is 10.9. The molecular weight excluding hydrogens is 310 g/mol. The van der Waals surface area contributed by atoms with E-state index in [4.69, 9.17) is 9.78 Å². The molecule has 0 aliphatic carbocycles. The SMILES string of the molecule is Cl.N#Cc1ccccccccccco[nH]nccccc1. The van der Waals surface area contributed by atoms with Crippen LogP contribution in [0.1, 0.15) is 5.56 Å². The van der Waals surface area contributed by atoms with Crippen LogP contribution in [0.5, 0.6) is 0 Å². The molecule has 0 saturated carbocycles. The molecule has 4 nitrogen and oxygen atoms in total. The van der Waals surface area contributed by atoms with E-state index >= 15 is 0 Å². The Bertz CT molecular complexity index is 651. The molecule has 0 atom stereocenters. The van der Waals surface area contributed by atoms with Crippen molar-refractivity contribution in [3.8, 4) is 6.07 Å². The van der Waals surface area contributed by atoms with Crippen LogP contribution in [0.15, 0.2) is 102 Å². The van der Waals surface area contributed by atoms with E-state index in [9.17, 15) is 0 Å². The quantitative estimate of drug-likeness (QED) is 0.744. The largest absolute Gasteiger partial charge is 0.373 e. The molecule has 118 valence electrons. The summed E-state index contributed by atoms with van der Waals surface area (Å²) in [6.07, 6.45) is 3.02. The van der Waals surface area contributed by atoms with Crippen LogP contribution in [0.3, 0.4) is 0 Å². The Hall–Kier alpha value is -3.03. The Kier molecular flexibility index (Phi) is 13.3. The lowest BCUT2D eigenvalue weighted by Gasteiger charge is -1.76. The van der Waals surface area contributed by atoms with Crippen LogP contribution >= 0.6 is 12.4 Å². The second kappa shape index (κ2) is 15.4. The third kappa shape index (κ3) is 12.4. The maximum absolute atomic E-state index is 8.98. The van der Waals surface area contributed by atoms with E-state index in [2.05, 4.69) is 16.4 Å². The summed E-state index contributed by atoms with van der Waals surface area (Å²) in [6, 6.07) is 27.5. The van der Waals surface area contributed by atoms with Crippen molar-refractivity contribution in [2.75, 3.05) is 0 Å². The van der Waals surface area contributed by atoms with Crippen LogP contribution in [0.25, 0.3) is 0 Å². The van der Waals surface area contributed by atoms with E-state index < -0.39 is 0 Å². The van der Waals surface area contributed by atoms with E-state index in [1.54, 1.807) is 36.4 Å². The zero-order chi connectivity index (χ0) is 15.7. The maximum Gasteiger partial charge on any atom is 0.121 e. The number of nitrogens with one attached hydrogen (secondary N) is 1. The van der Waals surface area contributed by atoms with Gasteiger partial charge < -0.3 is 4.52 Å². The summed E-state index contributed by atoms with van der Waals surface area (Å²) in [4.78, 5) is 0. The van der Waals surface area contributed by atoms with Crippen LogP contribution in [-0.2, 0) is 0 Å². The minimum Gasteiger partial charge on any atom is -0.373 e. The van der Waals surface area contributed by atoms with Crippen LogP contribution in [0.2, 0.25) is 0 Å². The molecule has 0 amide bonds. The average molecular weight is 328 g/mol. The third-order valence-electron chi connectivity index (χ3n) is 2.20. The fraction of sp³-hybridized carbons (Fsp3) is 0. The minimum absolute atomic E-state index is 0. The molecule has 1 rings (SSSR count). The molecule has 0 radical (unpaired) electrons. The zero-order valence-corrected chi connectivity index (χ0v) is 13.3. The van der Waals surface area contributed by atoms with Crippen molar-refractivity contribution >= 4 is 12.4 Å². The molecule has 0 fully saturated rings. The van der Waals surface area contributed by atoms with E-state index in [0.29, 0.717) is 5.56 Å². The standard InChI is InChI=1S/C18H17N3O.ClH/c19-17-18-13-9-6-4-2-1-3-5-7-12-16-22-21-20-15-11-8-10-14-18;/h1-16,21H;1H. The number of rotatable bonds is 0. The van der Waals surface area contributed by atoms with Gasteiger partial charge in [0.2, 0.25) is 0 Å². The maximum atomic E-state index is 8.98. The third-order valence-corrected chi connectivity index (χ3v) is 2.20. The van der Waals surface area contributed by atoms with Crippen LogP contribution < -0.4 is 0 Å². The molecule has 1 aromatic rings. The van der Waals surface area contributed by atoms with Crippen LogP contribution in [0, 0.1) is 11.3 Å². The number of hydrogen-bond acceptors (Lipinski definition) is 3. The van der Waals surface area contributed by atoms with Gasteiger partial charge in [0.15, 0.2) is 0 Å². The van der Waals surface area contributed by atoms with E-state index in [0.717, 1.165) is 0 Å². The Balaban J connectivity index is 0.00000484. The van der Waals surface area contributed by atoms with Crippen molar-refractivity contribution < 1.29 is 4.52 Å². The van der Waals surface area contributed by atoms with Gasteiger partial charge in [0.05, 0.1) is 17.8 Å². The van der Waals surface area contributed by atoms with Crippen LogP contribution in [-0.4, -0.2) is 10.4 Å². The van der Waals surface area contributed by atoms with Gasteiger partial charge in [-0.05, 0) is 24.3 Å². The summed E-state index contributed by atoms with van der Waals surface area (Å²) in [6.45, 7) is 0. The molecule has 0 unspecified atom stereocenters. The van der Waals surface area contributed by atoms with Gasteiger partial charge in [-0.3, -0.25) is 0 Å². The Labute approximate surface area is 142 Å². The lowest BCUT2D eigenvalue weighted by atomic mass is 10.3. The highest BCUT2D eigenvalue weighted by atomic mass is 35.5. The predicted octanol–water partition coefficient (Wildman–Crippen LogP) is 4.79. The van der Waals surface area contributed by atoms with E-state index in [1.165, 1.54) is 12.5 Å². The molecule has 1 aromatic heterocycles. The highest BCUT2D eigenvalue weighted by Gasteiger charge is 1.76. The highest BCUT2D eigenvalue weighted by Crippen LogP contribution is 1.89. The minimum atomic E-state index is 0. The molecule has 0 spiro atoms. The molecule has 0 bridgehead atoms. The monoisotopic (exact) mass is 327 g/mol. The fourth-order valence-corrected chi connectivity index (χ4v) is 1.23. The molecule has 0 aromatic carbocycles. The molecular formula is C18H18ClN3O. The van der Waals surface area contributed by atoms with Gasteiger partial charge in [-0.1, -0.05) is 60.7 Å². The number of H-pyrrole nitrogens is 1. The average Bonchev–Trinajstić information content (AvgIpc) is 2.54. The molecule has 0 saturated heterocycles. The van der Waals surface area contributed by atoms with E-state index in [1.807, 2.05) is 48.5 Å².